The molecule has 0 saturated carbocycles. The SMILES string of the molecule is CC(CNC(=O)OCC1c2ccccc2-c2ccccc21)CC(=O)N1CCOCC1CC(=O)O. The number of carboxylic acid groups (broad SMARTS) is 1. The molecular weight excluding hydrogens is 436 g/mol. The van der Waals surface area contributed by atoms with Crippen molar-refractivity contribution in [3.63, 3.8) is 0 Å². The minimum Gasteiger partial charge on any atom is -0.481 e. The first-order valence-electron chi connectivity index (χ1n) is 11.6. The van der Waals surface area contributed by atoms with E-state index in [2.05, 4.69) is 29.6 Å². The molecule has 8 heteroatoms. The van der Waals surface area contributed by atoms with Crippen LogP contribution in [-0.2, 0) is 19.1 Å². The summed E-state index contributed by atoms with van der Waals surface area (Å²) in [5.74, 6) is -1.22. The molecule has 2 aromatic carbocycles. The Kier molecular flexibility index (Phi) is 7.47. The molecular formula is C26H30N2O6. The number of morpholine rings is 1. The van der Waals surface area contributed by atoms with E-state index in [1.54, 1.807) is 4.90 Å². The van der Waals surface area contributed by atoms with Crippen LogP contribution in [0, 0.1) is 5.92 Å². The lowest BCUT2D eigenvalue weighted by atomic mass is 9.98. The first kappa shape index (κ1) is 23.8. The van der Waals surface area contributed by atoms with Crippen LogP contribution in [0.1, 0.15) is 36.8 Å². The van der Waals surface area contributed by atoms with E-state index in [1.807, 2.05) is 31.2 Å². The summed E-state index contributed by atoms with van der Waals surface area (Å²) in [5, 5.41) is 11.8. The summed E-state index contributed by atoms with van der Waals surface area (Å²) in [6.45, 7) is 3.39. The fourth-order valence-corrected chi connectivity index (χ4v) is 4.75. The molecule has 1 aliphatic heterocycles. The third-order valence-corrected chi connectivity index (χ3v) is 6.42. The highest BCUT2D eigenvalue weighted by atomic mass is 16.5. The van der Waals surface area contributed by atoms with Crippen LogP contribution in [0.3, 0.4) is 0 Å². The topological polar surface area (TPSA) is 105 Å². The molecule has 2 unspecified atom stereocenters. The highest BCUT2D eigenvalue weighted by Gasteiger charge is 2.31. The van der Waals surface area contributed by atoms with Crippen molar-refractivity contribution in [1.29, 1.82) is 0 Å². The fourth-order valence-electron chi connectivity index (χ4n) is 4.75. The molecule has 0 aromatic heterocycles. The lowest BCUT2D eigenvalue weighted by Crippen LogP contribution is -2.50. The van der Waals surface area contributed by atoms with Gasteiger partial charge in [-0.15, -0.1) is 0 Å². The van der Waals surface area contributed by atoms with E-state index in [1.165, 1.54) is 11.1 Å². The second kappa shape index (κ2) is 10.7. The summed E-state index contributed by atoms with van der Waals surface area (Å²) in [7, 11) is 0. The van der Waals surface area contributed by atoms with Crippen molar-refractivity contribution >= 4 is 18.0 Å². The van der Waals surface area contributed by atoms with E-state index in [4.69, 9.17) is 14.6 Å². The molecule has 1 fully saturated rings. The first-order valence-corrected chi connectivity index (χ1v) is 11.6. The Balaban J connectivity index is 1.26. The zero-order chi connectivity index (χ0) is 24.1. The number of ether oxygens (including phenoxy) is 2. The fraction of sp³-hybridized carbons (Fsp3) is 0.423. The smallest absolute Gasteiger partial charge is 0.407 e. The lowest BCUT2D eigenvalue weighted by Gasteiger charge is -2.35. The van der Waals surface area contributed by atoms with Gasteiger partial charge in [-0.05, 0) is 28.2 Å². The number of nitrogens with zero attached hydrogens (tertiary/aromatic N) is 1. The van der Waals surface area contributed by atoms with E-state index in [9.17, 15) is 14.4 Å². The van der Waals surface area contributed by atoms with Gasteiger partial charge in [0, 0.05) is 25.4 Å². The average Bonchev–Trinajstić information content (AvgIpc) is 3.15. The second-order valence-electron chi connectivity index (χ2n) is 8.93. The summed E-state index contributed by atoms with van der Waals surface area (Å²) >= 11 is 0. The minimum atomic E-state index is -0.960. The second-order valence-corrected chi connectivity index (χ2v) is 8.93. The summed E-state index contributed by atoms with van der Waals surface area (Å²) < 4.78 is 10.9. The van der Waals surface area contributed by atoms with Crippen LogP contribution < -0.4 is 5.32 Å². The highest BCUT2D eigenvalue weighted by molar-refractivity contribution is 5.79. The van der Waals surface area contributed by atoms with Crippen LogP contribution in [0.25, 0.3) is 11.1 Å². The van der Waals surface area contributed by atoms with Crippen molar-refractivity contribution in [2.75, 3.05) is 32.9 Å². The van der Waals surface area contributed by atoms with Gasteiger partial charge in [-0.25, -0.2) is 4.79 Å². The normalized spacial score (nSPS) is 18.0. The third kappa shape index (κ3) is 5.39. The van der Waals surface area contributed by atoms with Gasteiger partial charge in [0.25, 0.3) is 0 Å². The van der Waals surface area contributed by atoms with Crippen molar-refractivity contribution in [3.8, 4) is 11.1 Å². The number of amides is 2. The molecule has 8 nitrogen and oxygen atoms in total. The van der Waals surface area contributed by atoms with Crippen LogP contribution in [0.15, 0.2) is 48.5 Å². The van der Waals surface area contributed by atoms with Gasteiger partial charge in [-0.3, -0.25) is 9.59 Å². The first-order chi connectivity index (χ1) is 16.4. The third-order valence-electron chi connectivity index (χ3n) is 6.42. The van der Waals surface area contributed by atoms with Crippen LogP contribution >= 0.6 is 0 Å². The van der Waals surface area contributed by atoms with E-state index >= 15 is 0 Å². The summed E-state index contributed by atoms with van der Waals surface area (Å²) in [6, 6.07) is 15.9. The van der Waals surface area contributed by atoms with Gasteiger partial charge in [-0.1, -0.05) is 55.5 Å². The number of fused-ring (bicyclic) bond motifs is 3. The van der Waals surface area contributed by atoms with Gasteiger partial charge in [0.15, 0.2) is 0 Å². The molecule has 2 aliphatic rings. The predicted octanol–water partition coefficient (Wildman–Crippen LogP) is 3.25. The van der Waals surface area contributed by atoms with Gasteiger partial charge in [0.2, 0.25) is 5.91 Å². The number of alkyl carbamates (subject to hydrolysis) is 1. The van der Waals surface area contributed by atoms with E-state index < -0.39 is 18.1 Å². The molecule has 2 atom stereocenters. The largest absolute Gasteiger partial charge is 0.481 e. The number of carbonyl (C=O) groups is 3. The number of aliphatic carboxylic acids is 1. The maximum Gasteiger partial charge on any atom is 0.407 e. The van der Waals surface area contributed by atoms with Crippen LogP contribution in [0.2, 0.25) is 0 Å². The molecule has 1 saturated heterocycles. The molecule has 2 aromatic rings. The molecule has 1 heterocycles. The number of benzene rings is 2. The Bertz CT molecular complexity index is 1010. The monoisotopic (exact) mass is 466 g/mol. The molecule has 180 valence electrons. The summed E-state index contributed by atoms with van der Waals surface area (Å²) in [4.78, 5) is 37.7. The number of rotatable bonds is 8. The zero-order valence-electron chi connectivity index (χ0n) is 19.2. The van der Waals surface area contributed by atoms with Gasteiger partial charge in [0.05, 0.1) is 25.7 Å². The Morgan fingerprint density at radius 1 is 1.12 bits per heavy atom. The number of hydrogen-bond donors (Lipinski definition) is 2. The predicted molar refractivity (Wildman–Crippen MR) is 125 cm³/mol. The van der Waals surface area contributed by atoms with E-state index in [0.717, 1.165) is 11.1 Å². The van der Waals surface area contributed by atoms with Gasteiger partial charge >= 0.3 is 12.1 Å². The Hall–Kier alpha value is -3.39. The molecule has 2 N–H and O–H groups in total. The lowest BCUT2D eigenvalue weighted by molar-refractivity contribution is -0.146. The molecule has 2 amide bonds. The molecule has 0 bridgehead atoms. The van der Waals surface area contributed by atoms with Gasteiger partial charge < -0.3 is 24.8 Å². The Labute approximate surface area is 198 Å². The van der Waals surface area contributed by atoms with Crippen molar-refractivity contribution in [2.45, 2.75) is 31.7 Å². The quantitative estimate of drug-likeness (QED) is 0.619. The number of carbonyl (C=O) groups excluding carboxylic acids is 2. The number of carboxylic acids is 1. The molecule has 0 radical (unpaired) electrons. The highest BCUT2D eigenvalue weighted by Crippen LogP contribution is 2.44. The maximum absolute atomic E-state index is 12.7. The van der Waals surface area contributed by atoms with Crippen LogP contribution in [0.4, 0.5) is 4.79 Å². The summed E-state index contributed by atoms with van der Waals surface area (Å²) in [6.07, 6.45) is -0.450. The van der Waals surface area contributed by atoms with Gasteiger partial charge in [0.1, 0.15) is 6.61 Å². The van der Waals surface area contributed by atoms with Crippen LogP contribution in [-0.4, -0.2) is 66.9 Å². The number of nitrogens with one attached hydrogen (secondary N) is 1. The average molecular weight is 467 g/mol. The Morgan fingerprint density at radius 2 is 1.76 bits per heavy atom. The molecule has 1 aliphatic carbocycles. The summed E-state index contributed by atoms with van der Waals surface area (Å²) in [5.41, 5.74) is 4.64. The molecule has 0 spiro atoms. The zero-order valence-corrected chi connectivity index (χ0v) is 19.2. The van der Waals surface area contributed by atoms with Crippen LogP contribution in [0.5, 0.6) is 0 Å². The van der Waals surface area contributed by atoms with Crippen molar-refractivity contribution in [1.82, 2.24) is 10.2 Å². The Morgan fingerprint density at radius 3 is 2.41 bits per heavy atom. The van der Waals surface area contributed by atoms with Crippen molar-refractivity contribution in [3.05, 3.63) is 59.7 Å². The van der Waals surface area contributed by atoms with Crippen molar-refractivity contribution in [2.24, 2.45) is 5.92 Å². The maximum atomic E-state index is 12.7. The molecule has 34 heavy (non-hydrogen) atoms. The molecule has 4 rings (SSSR count). The van der Waals surface area contributed by atoms with E-state index in [0.29, 0.717) is 13.2 Å². The number of hydrogen-bond acceptors (Lipinski definition) is 5. The van der Waals surface area contributed by atoms with Crippen molar-refractivity contribution < 1.29 is 29.0 Å². The standard InChI is InChI=1S/C26H30N2O6/c1-17(12-24(29)28-10-11-33-15-18(28)13-25(30)31)14-27-26(32)34-16-23-21-8-4-2-6-19(21)20-7-3-5-9-22(20)23/h2-9,17-18,23H,10-16H2,1H3,(H,27,32)(H,30,31). The van der Waals surface area contributed by atoms with Gasteiger partial charge in [-0.2, -0.15) is 0 Å². The van der Waals surface area contributed by atoms with E-state index in [-0.39, 0.29) is 50.3 Å². The minimum absolute atomic E-state index is 0.00959.